The van der Waals surface area contributed by atoms with Gasteiger partial charge in [0.25, 0.3) is 5.91 Å². The molecule has 2 atom stereocenters. The van der Waals surface area contributed by atoms with Gasteiger partial charge in [0.05, 0.1) is 5.52 Å². The van der Waals surface area contributed by atoms with E-state index in [2.05, 4.69) is 51.7 Å². The molecule has 2 fully saturated rings. The van der Waals surface area contributed by atoms with Crippen molar-refractivity contribution in [2.24, 2.45) is 0 Å². The average molecular weight is 360 g/mol. The number of benzene rings is 2. The number of nitrogens with one attached hydrogen (secondary N) is 2. The number of H-pyrrole nitrogens is 1. The molecular weight excluding hydrogens is 336 g/mol. The van der Waals surface area contributed by atoms with Crippen LogP contribution in [0, 0.1) is 0 Å². The molecule has 5 heteroatoms. The van der Waals surface area contributed by atoms with Gasteiger partial charge >= 0.3 is 0 Å². The minimum absolute atomic E-state index is 0.0691. The maximum Gasteiger partial charge on any atom is 0.272 e. The van der Waals surface area contributed by atoms with Crippen LogP contribution in [0.1, 0.15) is 36.2 Å². The van der Waals surface area contributed by atoms with Crippen LogP contribution < -0.4 is 5.32 Å². The summed E-state index contributed by atoms with van der Waals surface area (Å²) in [4.78, 5) is 15.4. The van der Waals surface area contributed by atoms with E-state index >= 15 is 0 Å². The van der Waals surface area contributed by atoms with Crippen molar-refractivity contribution in [1.29, 1.82) is 0 Å². The number of rotatable bonds is 3. The van der Waals surface area contributed by atoms with Crippen LogP contribution in [-0.2, 0) is 0 Å². The molecule has 2 N–H and O–H groups in total. The van der Waals surface area contributed by atoms with Crippen molar-refractivity contribution in [3.63, 3.8) is 0 Å². The van der Waals surface area contributed by atoms with E-state index in [0.717, 1.165) is 34.9 Å². The number of hydrogen-bond donors (Lipinski definition) is 2. The normalized spacial score (nSPS) is 25.0. The summed E-state index contributed by atoms with van der Waals surface area (Å²) in [6.07, 6.45) is 4.57. The van der Waals surface area contributed by atoms with Gasteiger partial charge in [-0.3, -0.25) is 9.89 Å². The largest absolute Gasteiger partial charge is 0.348 e. The van der Waals surface area contributed by atoms with Gasteiger partial charge in [-0.1, -0.05) is 36.4 Å². The van der Waals surface area contributed by atoms with E-state index in [9.17, 15) is 4.79 Å². The third-order valence-electron chi connectivity index (χ3n) is 6.32. The zero-order valence-corrected chi connectivity index (χ0v) is 15.5. The number of carbonyl (C=O) groups excluding carboxylic acids is 1. The lowest BCUT2D eigenvalue weighted by atomic mass is 9.97. The Bertz CT molecular complexity index is 966. The van der Waals surface area contributed by atoms with Crippen molar-refractivity contribution in [1.82, 2.24) is 20.4 Å². The lowest BCUT2D eigenvalue weighted by molar-refractivity contribution is 0.0879. The number of nitrogens with zero attached hydrogens (tertiary/aromatic N) is 2. The minimum atomic E-state index is -0.0691. The molecule has 0 saturated carbocycles. The molecule has 2 aromatic carbocycles. The van der Waals surface area contributed by atoms with E-state index in [0.29, 0.717) is 17.8 Å². The Morgan fingerprint density at radius 2 is 1.81 bits per heavy atom. The van der Waals surface area contributed by atoms with Gasteiger partial charge < -0.3 is 10.2 Å². The molecule has 27 heavy (non-hydrogen) atoms. The fraction of sp³-hybridized carbons (Fsp3) is 0.364. The van der Waals surface area contributed by atoms with Crippen molar-refractivity contribution >= 4 is 16.8 Å². The van der Waals surface area contributed by atoms with Gasteiger partial charge in [0, 0.05) is 23.5 Å². The van der Waals surface area contributed by atoms with Gasteiger partial charge in [0.2, 0.25) is 0 Å². The fourth-order valence-electron chi connectivity index (χ4n) is 4.78. The summed E-state index contributed by atoms with van der Waals surface area (Å²) < 4.78 is 0. The topological polar surface area (TPSA) is 61.0 Å². The van der Waals surface area contributed by atoms with Gasteiger partial charge in [-0.25, -0.2) is 0 Å². The molecule has 138 valence electrons. The highest BCUT2D eigenvalue weighted by molar-refractivity contribution is 6.05. The second-order valence-electron chi connectivity index (χ2n) is 7.89. The molecular formula is C22H24N4O. The van der Waals surface area contributed by atoms with Crippen LogP contribution in [0.15, 0.2) is 48.5 Å². The van der Waals surface area contributed by atoms with Crippen LogP contribution in [0.5, 0.6) is 0 Å². The molecule has 5 rings (SSSR count). The lowest BCUT2D eigenvalue weighted by Gasteiger charge is -2.36. The molecule has 1 aromatic heterocycles. The molecule has 2 unspecified atom stereocenters. The van der Waals surface area contributed by atoms with Gasteiger partial charge in [-0.2, -0.15) is 5.10 Å². The highest BCUT2D eigenvalue weighted by Crippen LogP contribution is 2.34. The predicted molar refractivity (Wildman–Crippen MR) is 107 cm³/mol. The van der Waals surface area contributed by atoms with Crippen molar-refractivity contribution in [3.8, 4) is 11.1 Å². The first-order chi connectivity index (χ1) is 13.2. The van der Waals surface area contributed by atoms with Crippen LogP contribution in [0.4, 0.5) is 0 Å². The minimum Gasteiger partial charge on any atom is -0.348 e. The van der Waals surface area contributed by atoms with Gasteiger partial charge in [0.15, 0.2) is 5.69 Å². The first-order valence-corrected chi connectivity index (χ1v) is 9.75. The maximum atomic E-state index is 12.9. The Labute approximate surface area is 158 Å². The first kappa shape index (κ1) is 16.5. The number of carbonyl (C=O) groups is 1. The number of amides is 1. The number of aromatic nitrogens is 2. The molecule has 3 heterocycles. The van der Waals surface area contributed by atoms with E-state index in [-0.39, 0.29) is 11.9 Å². The van der Waals surface area contributed by atoms with E-state index < -0.39 is 0 Å². The summed E-state index contributed by atoms with van der Waals surface area (Å²) in [7, 11) is 2.21. The molecule has 0 aliphatic carbocycles. The zero-order valence-electron chi connectivity index (χ0n) is 15.5. The van der Waals surface area contributed by atoms with Crippen molar-refractivity contribution < 1.29 is 4.79 Å². The molecule has 2 aliphatic rings. The van der Waals surface area contributed by atoms with Crippen LogP contribution in [0.3, 0.4) is 0 Å². The Kier molecular flexibility index (Phi) is 3.97. The van der Waals surface area contributed by atoms with Crippen LogP contribution in [0.25, 0.3) is 22.0 Å². The molecule has 2 saturated heterocycles. The Balaban J connectivity index is 1.40. The predicted octanol–water partition coefficient (Wildman–Crippen LogP) is 3.58. The molecule has 1 amide bonds. The van der Waals surface area contributed by atoms with E-state index in [1.807, 2.05) is 24.3 Å². The summed E-state index contributed by atoms with van der Waals surface area (Å²) in [6.45, 7) is 0. The summed E-state index contributed by atoms with van der Waals surface area (Å²) >= 11 is 0. The van der Waals surface area contributed by atoms with E-state index in [4.69, 9.17) is 0 Å². The van der Waals surface area contributed by atoms with Gasteiger partial charge in [-0.15, -0.1) is 0 Å². The monoisotopic (exact) mass is 360 g/mol. The Morgan fingerprint density at radius 1 is 1.07 bits per heavy atom. The Hall–Kier alpha value is -2.66. The zero-order chi connectivity index (χ0) is 18.4. The SMILES string of the molecule is CN1C2CCC1CC(NC(=O)c1n[nH]c3ccc(-c4ccccc4)cc13)C2. The quantitative estimate of drug-likeness (QED) is 0.750. The molecule has 2 aliphatic heterocycles. The molecule has 0 spiro atoms. The smallest absolute Gasteiger partial charge is 0.272 e. The summed E-state index contributed by atoms with van der Waals surface area (Å²) in [5, 5.41) is 11.4. The number of hydrogen-bond acceptors (Lipinski definition) is 3. The standard InChI is InChI=1S/C22H24N4O/c1-26-17-8-9-18(26)13-16(12-17)23-22(27)21-19-11-15(7-10-20(19)24-25-21)14-5-3-2-4-6-14/h2-7,10-11,16-18H,8-9,12-13H2,1H3,(H,23,27)(H,24,25). The first-order valence-electron chi connectivity index (χ1n) is 9.75. The maximum absolute atomic E-state index is 12.9. The third-order valence-corrected chi connectivity index (χ3v) is 6.32. The second-order valence-corrected chi connectivity index (χ2v) is 7.89. The number of aromatic amines is 1. The van der Waals surface area contributed by atoms with Gasteiger partial charge in [0.1, 0.15) is 0 Å². The fourth-order valence-corrected chi connectivity index (χ4v) is 4.78. The third kappa shape index (κ3) is 2.92. The van der Waals surface area contributed by atoms with E-state index in [1.54, 1.807) is 0 Å². The number of piperidine rings is 1. The summed E-state index contributed by atoms with van der Waals surface area (Å²) in [6, 6.07) is 17.8. The molecule has 5 nitrogen and oxygen atoms in total. The van der Waals surface area contributed by atoms with Crippen molar-refractivity contribution in [2.45, 2.75) is 43.8 Å². The number of fused-ring (bicyclic) bond motifs is 3. The van der Waals surface area contributed by atoms with Gasteiger partial charge in [-0.05, 0) is 56.0 Å². The van der Waals surface area contributed by atoms with Crippen LogP contribution >= 0.6 is 0 Å². The van der Waals surface area contributed by atoms with Crippen molar-refractivity contribution in [2.75, 3.05) is 7.05 Å². The molecule has 0 radical (unpaired) electrons. The Morgan fingerprint density at radius 3 is 2.56 bits per heavy atom. The lowest BCUT2D eigenvalue weighted by Crippen LogP contribution is -2.48. The summed E-state index contributed by atoms with van der Waals surface area (Å²) in [5.41, 5.74) is 3.62. The van der Waals surface area contributed by atoms with Crippen LogP contribution in [0.2, 0.25) is 0 Å². The van der Waals surface area contributed by atoms with Crippen molar-refractivity contribution in [3.05, 3.63) is 54.2 Å². The second kappa shape index (κ2) is 6.50. The van der Waals surface area contributed by atoms with E-state index in [1.165, 1.54) is 12.8 Å². The van der Waals surface area contributed by atoms with Crippen LogP contribution in [-0.4, -0.2) is 46.2 Å². The molecule has 2 bridgehead atoms. The highest BCUT2D eigenvalue weighted by atomic mass is 16.2. The highest BCUT2D eigenvalue weighted by Gasteiger charge is 2.39. The molecule has 3 aromatic rings. The summed E-state index contributed by atoms with van der Waals surface area (Å²) in [5.74, 6) is -0.0691. The average Bonchev–Trinajstić information content (AvgIpc) is 3.19.